The van der Waals surface area contributed by atoms with Crippen molar-refractivity contribution in [3.8, 4) is 17.6 Å². The van der Waals surface area contributed by atoms with Gasteiger partial charge in [-0.3, -0.25) is 4.79 Å². The Bertz CT molecular complexity index is 820. The highest BCUT2D eigenvalue weighted by molar-refractivity contribution is 6.10. The number of benzene rings is 2. The summed E-state index contributed by atoms with van der Waals surface area (Å²) in [5.41, 5.74) is 1.30. The highest BCUT2D eigenvalue weighted by Gasteiger charge is 2.12. The third kappa shape index (κ3) is 6.19. The summed E-state index contributed by atoms with van der Waals surface area (Å²) in [6, 6.07) is 16.4. The molecule has 0 aromatic heterocycles. The van der Waals surface area contributed by atoms with Crippen molar-refractivity contribution in [1.29, 1.82) is 5.26 Å². The molecule has 5 nitrogen and oxygen atoms in total. The van der Waals surface area contributed by atoms with Gasteiger partial charge in [-0.2, -0.15) is 5.26 Å². The number of nitrogens with zero attached hydrogens (tertiary/aromatic N) is 1. The summed E-state index contributed by atoms with van der Waals surface area (Å²) < 4.78 is 11.1. The SMILES string of the molecule is CCCCOc1ccc(/C=C(\C#N)C(=O)Nc2ccccc2OCC)cc1. The van der Waals surface area contributed by atoms with E-state index in [0.29, 0.717) is 24.7 Å². The first-order valence-corrected chi connectivity index (χ1v) is 9.05. The molecular weight excluding hydrogens is 340 g/mol. The molecule has 0 heterocycles. The number of carbonyl (C=O) groups is 1. The van der Waals surface area contributed by atoms with E-state index in [4.69, 9.17) is 9.47 Å². The molecule has 1 N–H and O–H groups in total. The van der Waals surface area contributed by atoms with Crippen molar-refractivity contribution in [3.05, 3.63) is 59.7 Å². The lowest BCUT2D eigenvalue weighted by Crippen LogP contribution is -2.14. The molecule has 0 aliphatic rings. The third-order valence-corrected chi connectivity index (χ3v) is 3.76. The van der Waals surface area contributed by atoms with Gasteiger partial charge in [0, 0.05) is 0 Å². The number of nitriles is 1. The van der Waals surface area contributed by atoms with E-state index in [1.807, 2.05) is 43.3 Å². The zero-order valence-electron chi connectivity index (χ0n) is 15.7. The number of unbranched alkanes of at least 4 members (excludes halogenated alkanes) is 1. The molecule has 2 rings (SSSR count). The number of hydrogen-bond donors (Lipinski definition) is 1. The summed E-state index contributed by atoms with van der Waals surface area (Å²) in [7, 11) is 0. The largest absolute Gasteiger partial charge is 0.494 e. The van der Waals surface area contributed by atoms with Crippen molar-refractivity contribution in [2.24, 2.45) is 0 Å². The number of anilines is 1. The maximum atomic E-state index is 12.5. The van der Waals surface area contributed by atoms with Crippen LogP contribution in [0.1, 0.15) is 32.3 Å². The first-order valence-electron chi connectivity index (χ1n) is 9.05. The van der Waals surface area contributed by atoms with Gasteiger partial charge in [-0.1, -0.05) is 37.6 Å². The molecule has 2 aromatic carbocycles. The Kier molecular flexibility index (Phi) is 7.92. The molecule has 5 heteroatoms. The van der Waals surface area contributed by atoms with Gasteiger partial charge in [-0.25, -0.2) is 0 Å². The molecule has 1 amide bonds. The van der Waals surface area contributed by atoms with Crippen molar-refractivity contribution in [1.82, 2.24) is 0 Å². The molecule has 0 unspecified atom stereocenters. The van der Waals surface area contributed by atoms with E-state index in [9.17, 15) is 10.1 Å². The quantitative estimate of drug-likeness (QED) is 0.394. The first kappa shape index (κ1) is 20.1. The van der Waals surface area contributed by atoms with Gasteiger partial charge >= 0.3 is 0 Å². The number of carbonyl (C=O) groups excluding carboxylic acids is 1. The minimum atomic E-state index is -0.479. The van der Waals surface area contributed by atoms with Crippen LogP contribution < -0.4 is 14.8 Å². The van der Waals surface area contributed by atoms with Crippen molar-refractivity contribution in [3.63, 3.8) is 0 Å². The Balaban J connectivity index is 2.09. The predicted molar refractivity (Wildman–Crippen MR) is 107 cm³/mol. The monoisotopic (exact) mass is 364 g/mol. The molecule has 0 radical (unpaired) electrons. The summed E-state index contributed by atoms with van der Waals surface area (Å²) in [4.78, 5) is 12.5. The minimum absolute atomic E-state index is 0.0148. The lowest BCUT2D eigenvalue weighted by molar-refractivity contribution is -0.112. The van der Waals surface area contributed by atoms with E-state index >= 15 is 0 Å². The van der Waals surface area contributed by atoms with Crippen LogP contribution in [-0.2, 0) is 4.79 Å². The van der Waals surface area contributed by atoms with E-state index < -0.39 is 5.91 Å². The maximum Gasteiger partial charge on any atom is 0.266 e. The normalized spacial score (nSPS) is 10.8. The Hall–Kier alpha value is -3.26. The average molecular weight is 364 g/mol. The van der Waals surface area contributed by atoms with E-state index in [1.54, 1.807) is 24.3 Å². The topological polar surface area (TPSA) is 71.3 Å². The third-order valence-electron chi connectivity index (χ3n) is 3.76. The van der Waals surface area contributed by atoms with E-state index in [2.05, 4.69) is 12.2 Å². The van der Waals surface area contributed by atoms with Crippen LogP contribution in [-0.4, -0.2) is 19.1 Å². The summed E-state index contributed by atoms with van der Waals surface area (Å²) in [5.74, 6) is 0.862. The van der Waals surface area contributed by atoms with Crippen LogP contribution in [0.4, 0.5) is 5.69 Å². The van der Waals surface area contributed by atoms with Crippen LogP contribution in [0.2, 0.25) is 0 Å². The molecular formula is C22H24N2O3. The van der Waals surface area contributed by atoms with Gasteiger partial charge in [0.1, 0.15) is 23.1 Å². The lowest BCUT2D eigenvalue weighted by atomic mass is 10.1. The summed E-state index contributed by atoms with van der Waals surface area (Å²) in [5, 5.41) is 12.1. The second kappa shape index (κ2) is 10.7. The van der Waals surface area contributed by atoms with Crippen LogP contribution in [0, 0.1) is 11.3 Å². The number of hydrogen-bond acceptors (Lipinski definition) is 4. The Morgan fingerprint density at radius 1 is 1.11 bits per heavy atom. The van der Waals surface area contributed by atoms with E-state index in [1.165, 1.54) is 0 Å². The van der Waals surface area contributed by atoms with Crippen molar-refractivity contribution >= 4 is 17.7 Å². The molecule has 2 aromatic rings. The summed E-state index contributed by atoms with van der Waals surface area (Å²) in [6.45, 7) is 5.14. The van der Waals surface area contributed by atoms with Gasteiger partial charge in [-0.15, -0.1) is 0 Å². The Labute approximate surface area is 160 Å². The van der Waals surface area contributed by atoms with Gasteiger partial charge in [-0.05, 0) is 49.2 Å². The second-order valence-electron chi connectivity index (χ2n) is 5.82. The van der Waals surface area contributed by atoms with Crippen molar-refractivity contribution < 1.29 is 14.3 Å². The van der Waals surface area contributed by atoms with Crippen molar-refractivity contribution in [2.75, 3.05) is 18.5 Å². The molecule has 0 aliphatic carbocycles. The van der Waals surface area contributed by atoms with Gasteiger partial charge in [0.2, 0.25) is 0 Å². The number of rotatable bonds is 9. The van der Waals surface area contributed by atoms with Crippen LogP contribution in [0.3, 0.4) is 0 Å². The van der Waals surface area contributed by atoms with Crippen LogP contribution in [0.15, 0.2) is 54.1 Å². The summed E-state index contributed by atoms with van der Waals surface area (Å²) >= 11 is 0. The standard InChI is InChI=1S/C22H24N2O3/c1-3-5-14-27-19-12-10-17(11-13-19)15-18(16-23)22(25)24-20-8-6-7-9-21(20)26-4-2/h6-13,15H,3-5,14H2,1-2H3,(H,24,25)/b18-15+. The van der Waals surface area contributed by atoms with Gasteiger partial charge < -0.3 is 14.8 Å². The molecule has 27 heavy (non-hydrogen) atoms. The molecule has 0 bridgehead atoms. The number of amides is 1. The zero-order chi connectivity index (χ0) is 19.5. The highest BCUT2D eigenvalue weighted by atomic mass is 16.5. The first-order chi connectivity index (χ1) is 13.2. The fraction of sp³-hybridized carbons (Fsp3) is 0.273. The Morgan fingerprint density at radius 3 is 2.52 bits per heavy atom. The average Bonchev–Trinajstić information content (AvgIpc) is 2.69. The molecule has 0 aliphatic heterocycles. The smallest absolute Gasteiger partial charge is 0.266 e. The molecule has 0 saturated carbocycles. The van der Waals surface area contributed by atoms with Crippen LogP contribution >= 0.6 is 0 Å². The summed E-state index contributed by atoms with van der Waals surface area (Å²) in [6.07, 6.45) is 3.63. The van der Waals surface area contributed by atoms with Gasteiger partial charge in [0.05, 0.1) is 18.9 Å². The minimum Gasteiger partial charge on any atom is -0.494 e. The molecule has 0 fully saturated rings. The maximum absolute atomic E-state index is 12.5. The number of nitrogens with one attached hydrogen (secondary N) is 1. The predicted octanol–water partition coefficient (Wildman–Crippen LogP) is 4.81. The van der Waals surface area contributed by atoms with E-state index in [0.717, 1.165) is 24.2 Å². The Morgan fingerprint density at radius 2 is 1.85 bits per heavy atom. The number of para-hydroxylation sites is 2. The lowest BCUT2D eigenvalue weighted by Gasteiger charge is -2.10. The molecule has 0 spiro atoms. The molecule has 140 valence electrons. The number of ether oxygens (including phenoxy) is 2. The van der Waals surface area contributed by atoms with Gasteiger partial charge in [0.25, 0.3) is 5.91 Å². The second-order valence-corrected chi connectivity index (χ2v) is 5.82. The highest BCUT2D eigenvalue weighted by Crippen LogP contribution is 2.24. The van der Waals surface area contributed by atoms with Crippen molar-refractivity contribution in [2.45, 2.75) is 26.7 Å². The van der Waals surface area contributed by atoms with Crippen LogP contribution in [0.5, 0.6) is 11.5 Å². The van der Waals surface area contributed by atoms with Gasteiger partial charge in [0.15, 0.2) is 0 Å². The van der Waals surface area contributed by atoms with E-state index in [-0.39, 0.29) is 5.57 Å². The van der Waals surface area contributed by atoms with Crippen LogP contribution in [0.25, 0.3) is 6.08 Å². The molecule has 0 atom stereocenters. The molecule has 0 saturated heterocycles. The fourth-order valence-corrected chi connectivity index (χ4v) is 2.35. The fourth-order valence-electron chi connectivity index (χ4n) is 2.35. The zero-order valence-corrected chi connectivity index (χ0v) is 15.7.